The van der Waals surface area contributed by atoms with Crippen molar-refractivity contribution in [3.63, 3.8) is 0 Å². The maximum atomic E-state index is 12.2. The molecule has 4 heteroatoms. The fraction of sp³-hybridized carbons (Fsp3) is 0. The summed E-state index contributed by atoms with van der Waals surface area (Å²) in [5, 5.41) is 0. The van der Waals surface area contributed by atoms with Crippen LogP contribution in [0.4, 0.5) is 8.78 Å². The Labute approximate surface area is 61.4 Å². The van der Waals surface area contributed by atoms with Crippen molar-refractivity contribution in [1.29, 1.82) is 0 Å². The van der Waals surface area contributed by atoms with E-state index in [0.717, 1.165) is 18.2 Å². The minimum absolute atomic E-state index is 0.0424. The van der Waals surface area contributed by atoms with E-state index < -0.39 is 11.6 Å². The summed E-state index contributed by atoms with van der Waals surface area (Å²) in [4.78, 5) is 0. The Bertz CT molecular complexity index is 219. The van der Waals surface area contributed by atoms with E-state index in [4.69, 9.17) is 11.9 Å². The Kier molecular flexibility index (Phi) is 2.06. The number of halogens is 3. The molecule has 0 radical (unpaired) electrons. The maximum absolute atomic E-state index is 12.2. The minimum atomic E-state index is -0.712. The highest BCUT2D eigenvalue weighted by atomic mass is 35.5. The monoisotopic (exact) mass is 164 g/mol. The van der Waals surface area contributed by atoms with Crippen molar-refractivity contribution in [2.45, 2.75) is 0 Å². The van der Waals surface area contributed by atoms with Crippen LogP contribution in [-0.2, 0) is 0 Å². The molecule has 0 saturated heterocycles. The van der Waals surface area contributed by atoms with Crippen LogP contribution in [0.3, 0.4) is 0 Å². The van der Waals surface area contributed by atoms with Gasteiger partial charge in [-0.3, -0.25) is 0 Å². The van der Waals surface area contributed by atoms with Crippen molar-refractivity contribution < 1.29 is 13.1 Å². The van der Waals surface area contributed by atoms with Crippen molar-refractivity contribution in [2.24, 2.45) is 0 Å². The average molecular weight is 165 g/mol. The molecule has 0 aliphatic heterocycles. The molecule has 10 heavy (non-hydrogen) atoms. The van der Waals surface area contributed by atoms with E-state index >= 15 is 0 Å². The fourth-order valence-corrected chi connectivity index (χ4v) is 0.662. The highest BCUT2D eigenvalue weighted by Gasteiger charge is 1.99. The maximum Gasteiger partial charge on any atom is 0.152 e. The van der Waals surface area contributed by atoms with E-state index in [9.17, 15) is 8.78 Å². The summed E-state index contributed by atoms with van der Waals surface area (Å²) in [6.45, 7) is 0. The van der Waals surface area contributed by atoms with Gasteiger partial charge in [0.05, 0.1) is 0 Å². The Balaban J connectivity index is 3.06. The number of hydrogen-bond acceptors (Lipinski definition) is 1. The van der Waals surface area contributed by atoms with Crippen molar-refractivity contribution in [1.82, 2.24) is 0 Å². The van der Waals surface area contributed by atoms with Gasteiger partial charge in [0.25, 0.3) is 0 Å². The average Bonchev–Trinajstić information content (AvgIpc) is 1.85. The Morgan fingerprint density at radius 1 is 1.10 bits per heavy atom. The van der Waals surface area contributed by atoms with Gasteiger partial charge in [0, 0.05) is 18.2 Å². The second kappa shape index (κ2) is 2.84. The van der Waals surface area contributed by atoms with E-state index in [1.807, 2.05) is 0 Å². The molecule has 0 atom stereocenters. The predicted octanol–water partition coefficient (Wildman–Crippen LogP) is 2.50. The largest absolute Gasteiger partial charge is 0.385 e. The van der Waals surface area contributed by atoms with Gasteiger partial charge in [0.15, 0.2) is 5.75 Å². The first-order chi connectivity index (χ1) is 4.72. The quantitative estimate of drug-likeness (QED) is 0.620. The van der Waals surface area contributed by atoms with Gasteiger partial charge in [-0.2, -0.15) is 0 Å². The Morgan fingerprint density at radius 2 is 1.60 bits per heavy atom. The van der Waals surface area contributed by atoms with Crippen LogP contribution in [-0.4, -0.2) is 0 Å². The van der Waals surface area contributed by atoms with Gasteiger partial charge in [0.2, 0.25) is 0 Å². The van der Waals surface area contributed by atoms with Crippen LogP contribution in [0, 0.1) is 11.6 Å². The van der Waals surface area contributed by atoms with E-state index in [0.29, 0.717) is 0 Å². The van der Waals surface area contributed by atoms with Crippen molar-refractivity contribution in [3.05, 3.63) is 29.8 Å². The van der Waals surface area contributed by atoms with E-state index in [2.05, 4.69) is 4.29 Å². The van der Waals surface area contributed by atoms with Crippen LogP contribution in [0.25, 0.3) is 0 Å². The van der Waals surface area contributed by atoms with Crippen LogP contribution >= 0.6 is 11.9 Å². The molecule has 0 fully saturated rings. The van der Waals surface area contributed by atoms with Gasteiger partial charge in [-0.25, -0.2) is 8.78 Å². The van der Waals surface area contributed by atoms with Crippen molar-refractivity contribution in [2.75, 3.05) is 0 Å². The highest BCUT2D eigenvalue weighted by molar-refractivity contribution is 6.09. The van der Waals surface area contributed by atoms with Crippen molar-refractivity contribution >= 4 is 11.9 Å². The predicted molar refractivity (Wildman–Crippen MR) is 32.8 cm³/mol. The van der Waals surface area contributed by atoms with E-state index in [1.54, 1.807) is 0 Å². The normalized spacial score (nSPS) is 9.50. The molecule has 54 valence electrons. The summed E-state index contributed by atoms with van der Waals surface area (Å²) in [7, 11) is 0. The standard InChI is InChI=1S/C6H3ClF2O/c7-10-6-2-4(8)1-5(9)3-6/h1-3H. The second-order valence-corrected chi connectivity index (χ2v) is 1.84. The molecule has 0 unspecified atom stereocenters. The second-order valence-electron chi connectivity index (χ2n) is 1.68. The molecule has 1 nitrogen and oxygen atoms in total. The molecule has 1 rings (SSSR count). The lowest BCUT2D eigenvalue weighted by Crippen LogP contribution is -1.81. The third-order valence-electron chi connectivity index (χ3n) is 0.925. The van der Waals surface area contributed by atoms with Crippen LogP contribution < -0.4 is 4.29 Å². The zero-order chi connectivity index (χ0) is 7.56. The Morgan fingerprint density at radius 3 is 2.00 bits per heavy atom. The molecule has 0 bridgehead atoms. The highest BCUT2D eigenvalue weighted by Crippen LogP contribution is 2.15. The molecule has 0 N–H and O–H groups in total. The molecule has 0 aliphatic rings. The van der Waals surface area contributed by atoms with E-state index in [1.165, 1.54) is 0 Å². The lowest BCUT2D eigenvalue weighted by molar-refractivity contribution is 0.552. The molecule has 1 aromatic carbocycles. The first-order valence-electron chi connectivity index (χ1n) is 2.47. The molecular formula is C6H3ClF2O. The summed E-state index contributed by atoms with van der Waals surface area (Å²) in [5.41, 5.74) is 0. The van der Waals surface area contributed by atoms with Crippen LogP contribution in [0.1, 0.15) is 0 Å². The molecule has 0 saturated carbocycles. The summed E-state index contributed by atoms with van der Waals surface area (Å²) < 4.78 is 28.5. The Hall–Kier alpha value is -0.830. The summed E-state index contributed by atoms with van der Waals surface area (Å²) >= 11 is 4.84. The van der Waals surface area contributed by atoms with Crippen molar-refractivity contribution in [3.8, 4) is 5.75 Å². The SMILES string of the molecule is Fc1cc(F)cc(OCl)c1. The third kappa shape index (κ3) is 1.57. The first kappa shape index (κ1) is 7.28. The van der Waals surface area contributed by atoms with Gasteiger partial charge in [-0.05, 0) is 0 Å². The van der Waals surface area contributed by atoms with Gasteiger partial charge >= 0.3 is 0 Å². The fourth-order valence-electron chi connectivity index (χ4n) is 0.573. The molecular weight excluding hydrogens is 162 g/mol. The smallest absolute Gasteiger partial charge is 0.152 e. The molecule has 0 heterocycles. The molecule has 0 aromatic heterocycles. The van der Waals surface area contributed by atoms with Crippen LogP contribution in [0.5, 0.6) is 5.75 Å². The summed E-state index contributed by atoms with van der Waals surface area (Å²) in [6.07, 6.45) is 0. The first-order valence-corrected chi connectivity index (χ1v) is 2.78. The lowest BCUT2D eigenvalue weighted by Gasteiger charge is -1.94. The molecule has 1 aromatic rings. The number of rotatable bonds is 1. The number of benzene rings is 1. The van der Waals surface area contributed by atoms with Gasteiger partial charge < -0.3 is 4.29 Å². The summed E-state index contributed by atoms with van der Waals surface area (Å²) in [5.74, 6) is -1.47. The zero-order valence-corrected chi connectivity index (χ0v) is 5.53. The molecule has 0 spiro atoms. The minimum Gasteiger partial charge on any atom is -0.385 e. The molecule has 0 amide bonds. The van der Waals surface area contributed by atoms with Crippen LogP contribution in [0.2, 0.25) is 0 Å². The van der Waals surface area contributed by atoms with Gasteiger partial charge in [-0.1, -0.05) is 0 Å². The van der Waals surface area contributed by atoms with Gasteiger partial charge in [0.1, 0.15) is 23.5 Å². The molecule has 0 aliphatic carbocycles. The van der Waals surface area contributed by atoms with Crippen LogP contribution in [0.15, 0.2) is 18.2 Å². The summed E-state index contributed by atoms with van der Waals surface area (Å²) in [6, 6.07) is 2.70. The third-order valence-corrected chi connectivity index (χ3v) is 1.10. The lowest BCUT2D eigenvalue weighted by atomic mass is 10.3. The number of hydrogen-bond donors (Lipinski definition) is 0. The van der Waals surface area contributed by atoms with E-state index in [-0.39, 0.29) is 5.75 Å². The van der Waals surface area contributed by atoms with Gasteiger partial charge in [-0.15, -0.1) is 0 Å². The zero-order valence-electron chi connectivity index (χ0n) is 4.77. The topological polar surface area (TPSA) is 9.23 Å².